The number of carbonyl (C=O) groups excluding carboxylic acids is 1. The zero-order valence-electron chi connectivity index (χ0n) is 13.6. The van der Waals surface area contributed by atoms with Gasteiger partial charge in [-0.3, -0.25) is 4.98 Å². The Hall–Kier alpha value is -3.23. The quantitative estimate of drug-likeness (QED) is 0.666. The van der Waals surface area contributed by atoms with E-state index < -0.39 is 17.7 Å². The highest BCUT2D eigenvalue weighted by atomic mass is 19.4. The fraction of sp³-hybridized carbons (Fsp3) is 0.176. The zero-order chi connectivity index (χ0) is 18.7. The van der Waals surface area contributed by atoms with Crippen LogP contribution in [-0.2, 0) is 17.5 Å². The fourth-order valence-electron chi connectivity index (χ4n) is 2.22. The van der Waals surface area contributed by atoms with E-state index in [-0.39, 0.29) is 18.0 Å². The van der Waals surface area contributed by atoms with Crippen molar-refractivity contribution in [2.75, 3.05) is 0 Å². The largest absolute Gasteiger partial charge is 0.455 e. The van der Waals surface area contributed by atoms with Crippen LogP contribution >= 0.6 is 0 Å². The smallest absolute Gasteiger partial charge is 0.417 e. The van der Waals surface area contributed by atoms with Crippen molar-refractivity contribution >= 4 is 5.97 Å². The molecule has 134 valence electrons. The highest BCUT2D eigenvalue weighted by Gasteiger charge is 2.30. The van der Waals surface area contributed by atoms with Gasteiger partial charge in [-0.15, -0.1) is 0 Å². The molecule has 9 heteroatoms. The molecule has 3 rings (SSSR count). The summed E-state index contributed by atoms with van der Waals surface area (Å²) in [4.78, 5) is 20.0. The maximum atomic E-state index is 12.6. The molecule has 3 heterocycles. The van der Waals surface area contributed by atoms with Crippen LogP contribution in [0.3, 0.4) is 0 Å². The summed E-state index contributed by atoms with van der Waals surface area (Å²) in [5.74, 6) is -0.439. The number of pyridine rings is 2. The van der Waals surface area contributed by atoms with E-state index in [1.807, 2.05) is 0 Å². The molecule has 0 aliphatic carbocycles. The van der Waals surface area contributed by atoms with Crippen molar-refractivity contribution in [2.24, 2.45) is 0 Å². The average molecular weight is 362 g/mol. The molecule has 0 saturated carbocycles. The van der Waals surface area contributed by atoms with Gasteiger partial charge in [-0.05, 0) is 31.2 Å². The van der Waals surface area contributed by atoms with Gasteiger partial charge in [0.05, 0.1) is 23.1 Å². The van der Waals surface area contributed by atoms with Crippen LogP contribution in [0.5, 0.6) is 0 Å². The molecule has 0 aromatic carbocycles. The van der Waals surface area contributed by atoms with Crippen LogP contribution in [-0.4, -0.2) is 25.7 Å². The molecule has 0 saturated heterocycles. The number of rotatable bonds is 4. The molecule has 0 unspecified atom stereocenters. The summed E-state index contributed by atoms with van der Waals surface area (Å²) in [5.41, 5.74) is 0.335. The minimum atomic E-state index is -4.47. The minimum Gasteiger partial charge on any atom is -0.455 e. The van der Waals surface area contributed by atoms with Crippen molar-refractivity contribution < 1.29 is 22.7 Å². The van der Waals surface area contributed by atoms with Crippen molar-refractivity contribution in [1.29, 1.82) is 0 Å². The van der Waals surface area contributed by atoms with Crippen LogP contribution in [0.4, 0.5) is 13.2 Å². The standard InChI is InChI=1S/C17H13F3N4O2/c1-11-14(16(25)26-10-13-4-2-3-7-21-13)9-23-24(11)15-6-5-12(8-22-15)17(18,19)20/h2-9H,10H2,1H3. The highest BCUT2D eigenvalue weighted by molar-refractivity contribution is 5.90. The molecular weight excluding hydrogens is 349 g/mol. The third-order valence-corrected chi connectivity index (χ3v) is 3.60. The zero-order valence-corrected chi connectivity index (χ0v) is 13.6. The first-order chi connectivity index (χ1) is 12.4. The Morgan fingerprint density at radius 2 is 1.96 bits per heavy atom. The van der Waals surface area contributed by atoms with Crippen molar-refractivity contribution in [3.8, 4) is 5.82 Å². The second-order valence-corrected chi connectivity index (χ2v) is 5.36. The molecule has 0 fully saturated rings. The molecule has 0 N–H and O–H groups in total. The average Bonchev–Trinajstić information content (AvgIpc) is 3.01. The van der Waals surface area contributed by atoms with Crippen LogP contribution in [0, 0.1) is 6.92 Å². The molecule has 0 atom stereocenters. The first-order valence-electron chi connectivity index (χ1n) is 7.51. The van der Waals surface area contributed by atoms with Gasteiger partial charge in [0.25, 0.3) is 0 Å². The van der Waals surface area contributed by atoms with Gasteiger partial charge in [-0.25, -0.2) is 14.5 Å². The molecule has 0 aliphatic rings. The summed E-state index contributed by atoms with van der Waals surface area (Å²) in [6, 6.07) is 7.33. The Morgan fingerprint density at radius 1 is 1.15 bits per heavy atom. The van der Waals surface area contributed by atoms with E-state index >= 15 is 0 Å². The van der Waals surface area contributed by atoms with Gasteiger partial charge < -0.3 is 4.74 Å². The van der Waals surface area contributed by atoms with Gasteiger partial charge in [-0.1, -0.05) is 6.07 Å². The van der Waals surface area contributed by atoms with Gasteiger partial charge in [0, 0.05) is 12.4 Å². The number of aromatic nitrogens is 4. The maximum absolute atomic E-state index is 12.6. The number of hydrogen-bond donors (Lipinski definition) is 0. The van der Waals surface area contributed by atoms with Crippen LogP contribution in [0.25, 0.3) is 5.82 Å². The van der Waals surface area contributed by atoms with E-state index in [0.29, 0.717) is 11.4 Å². The number of alkyl halides is 3. The number of nitrogens with zero attached hydrogens (tertiary/aromatic N) is 4. The molecule has 3 aromatic heterocycles. The van der Waals surface area contributed by atoms with Crippen LogP contribution in [0.2, 0.25) is 0 Å². The van der Waals surface area contributed by atoms with Gasteiger partial charge in [-0.2, -0.15) is 18.3 Å². The van der Waals surface area contributed by atoms with E-state index in [0.717, 1.165) is 12.3 Å². The third-order valence-electron chi connectivity index (χ3n) is 3.60. The molecule has 6 nitrogen and oxygen atoms in total. The summed E-state index contributed by atoms with van der Waals surface area (Å²) in [7, 11) is 0. The number of carbonyl (C=O) groups is 1. The Morgan fingerprint density at radius 3 is 2.58 bits per heavy atom. The predicted molar refractivity (Wildman–Crippen MR) is 84.5 cm³/mol. The van der Waals surface area contributed by atoms with E-state index in [4.69, 9.17) is 4.74 Å². The lowest BCUT2D eigenvalue weighted by Crippen LogP contribution is -2.09. The second-order valence-electron chi connectivity index (χ2n) is 5.36. The number of hydrogen-bond acceptors (Lipinski definition) is 5. The monoisotopic (exact) mass is 362 g/mol. The van der Waals surface area contributed by atoms with Crippen LogP contribution in [0.1, 0.15) is 27.3 Å². The summed E-state index contributed by atoms with van der Waals surface area (Å²) in [5, 5.41) is 4.01. The molecule has 0 radical (unpaired) electrons. The lowest BCUT2D eigenvalue weighted by Gasteiger charge is -2.08. The van der Waals surface area contributed by atoms with Crippen molar-refractivity contribution in [2.45, 2.75) is 19.7 Å². The van der Waals surface area contributed by atoms with Gasteiger partial charge in [0.2, 0.25) is 0 Å². The SMILES string of the molecule is Cc1c(C(=O)OCc2ccccn2)cnn1-c1ccc(C(F)(F)F)cn1. The summed E-state index contributed by atoms with van der Waals surface area (Å²) in [6.45, 7) is 1.60. The Kier molecular flexibility index (Phi) is 4.70. The molecule has 0 amide bonds. The molecule has 0 spiro atoms. The number of halogens is 3. The second kappa shape index (κ2) is 6.95. The van der Waals surface area contributed by atoms with E-state index in [1.165, 1.54) is 16.9 Å². The molecule has 0 bridgehead atoms. The van der Waals surface area contributed by atoms with Gasteiger partial charge in [0.15, 0.2) is 5.82 Å². The number of esters is 1. The maximum Gasteiger partial charge on any atom is 0.417 e. The van der Waals surface area contributed by atoms with Crippen molar-refractivity contribution in [1.82, 2.24) is 19.7 Å². The first kappa shape index (κ1) is 17.6. The predicted octanol–water partition coefficient (Wildman–Crippen LogP) is 3.35. The normalized spacial score (nSPS) is 11.4. The minimum absolute atomic E-state index is 0.00280. The molecular formula is C17H13F3N4O2. The van der Waals surface area contributed by atoms with Gasteiger partial charge >= 0.3 is 12.1 Å². The van der Waals surface area contributed by atoms with Gasteiger partial charge in [0.1, 0.15) is 12.2 Å². The Labute approximate surface area is 146 Å². The molecule has 0 aliphatic heterocycles. The summed E-state index contributed by atoms with van der Waals surface area (Å²) in [6.07, 6.45) is -0.876. The summed E-state index contributed by atoms with van der Waals surface area (Å²) >= 11 is 0. The molecule has 26 heavy (non-hydrogen) atoms. The van der Waals surface area contributed by atoms with E-state index in [2.05, 4.69) is 15.1 Å². The highest BCUT2D eigenvalue weighted by Crippen LogP contribution is 2.28. The Bertz CT molecular complexity index is 906. The van der Waals surface area contributed by atoms with E-state index in [1.54, 1.807) is 31.3 Å². The molecule has 3 aromatic rings. The fourth-order valence-corrected chi connectivity index (χ4v) is 2.22. The third kappa shape index (κ3) is 3.71. The lowest BCUT2D eigenvalue weighted by molar-refractivity contribution is -0.137. The first-order valence-corrected chi connectivity index (χ1v) is 7.51. The Balaban J connectivity index is 1.76. The van der Waals surface area contributed by atoms with Crippen molar-refractivity contribution in [3.05, 3.63) is 71.4 Å². The summed E-state index contributed by atoms with van der Waals surface area (Å²) < 4.78 is 44.3. The van der Waals surface area contributed by atoms with E-state index in [9.17, 15) is 18.0 Å². The lowest BCUT2D eigenvalue weighted by atomic mass is 10.2. The van der Waals surface area contributed by atoms with Crippen molar-refractivity contribution in [3.63, 3.8) is 0 Å². The van der Waals surface area contributed by atoms with Crippen LogP contribution < -0.4 is 0 Å². The topological polar surface area (TPSA) is 69.9 Å². The number of ether oxygens (including phenoxy) is 1. The van der Waals surface area contributed by atoms with Crippen LogP contribution in [0.15, 0.2) is 48.9 Å².